The maximum absolute atomic E-state index is 13.4. The topological polar surface area (TPSA) is 142 Å². The summed E-state index contributed by atoms with van der Waals surface area (Å²) in [6.07, 6.45) is 2.00. The monoisotopic (exact) mass is 478 g/mol. The van der Waals surface area contributed by atoms with Gasteiger partial charge in [-0.1, -0.05) is 50.6 Å². The first-order chi connectivity index (χ1) is 15.7. The zero-order valence-corrected chi connectivity index (χ0v) is 20.0. The number of thiol groups is 1. The molecule has 1 aromatic rings. The Morgan fingerprint density at radius 1 is 1.21 bits per heavy atom. The molecule has 9 nitrogen and oxygen atoms in total. The molecule has 1 heterocycles. The lowest BCUT2D eigenvalue weighted by Crippen LogP contribution is -2.58. The van der Waals surface area contributed by atoms with Crippen LogP contribution in [0.1, 0.15) is 38.7 Å². The van der Waals surface area contributed by atoms with Crippen LogP contribution in [0.2, 0.25) is 0 Å². The molecule has 0 saturated carbocycles. The number of nitrogens with one attached hydrogen (secondary N) is 2. The first kappa shape index (κ1) is 26.7. The van der Waals surface area contributed by atoms with Gasteiger partial charge in [-0.3, -0.25) is 14.4 Å². The number of hydrogen-bond donors (Lipinski definition) is 5. The largest absolute Gasteiger partial charge is 0.480 e. The summed E-state index contributed by atoms with van der Waals surface area (Å²) < 4.78 is 0. The van der Waals surface area contributed by atoms with Crippen LogP contribution in [0.3, 0.4) is 0 Å². The molecule has 1 saturated heterocycles. The molecule has 1 aliphatic rings. The van der Waals surface area contributed by atoms with Crippen molar-refractivity contribution in [3.63, 3.8) is 0 Å². The van der Waals surface area contributed by atoms with Crippen molar-refractivity contribution in [2.75, 3.05) is 12.3 Å². The van der Waals surface area contributed by atoms with Crippen LogP contribution in [-0.2, 0) is 25.6 Å². The normalized spacial score (nSPS) is 19.3. The van der Waals surface area contributed by atoms with Crippen LogP contribution in [0.15, 0.2) is 30.3 Å². The van der Waals surface area contributed by atoms with E-state index in [0.717, 1.165) is 5.56 Å². The van der Waals surface area contributed by atoms with Gasteiger partial charge in [-0.25, -0.2) is 4.79 Å². The summed E-state index contributed by atoms with van der Waals surface area (Å²) in [5, 5.41) is 14.4. The number of aliphatic carboxylic acids is 1. The predicted octanol–water partition coefficient (Wildman–Crippen LogP) is 0.578. The number of nitrogens with two attached hydrogens (primary N) is 1. The fraction of sp³-hybridized carbons (Fsp3) is 0.565. The van der Waals surface area contributed by atoms with E-state index < -0.39 is 42.0 Å². The van der Waals surface area contributed by atoms with E-state index in [-0.39, 0.29) is 17.6 Å². The molecule has 0 spiro atoms. The molecule has 0 radical (unpaired) electrons. The highest BCUT2D eigenvalue weighted by atomic mass is 32.1. The predicted molar refractivity (Wildman–Crippen MR) is 128 cm³/mol. The summed E-state index contributed by atoms with van der Waals surface area (Å²) in [7, 11) is 0. The molecular weight excluding hydrogens is 444 g/mol. The van der Waals surface area contributed by atoms with Crippen molar-refractivity contribution >= 4 is 36.3 Å². The number of carboxylic acid groups (broad SMARTS) is 1. The van der Waals surface area contributed by atoms with Crippen molar-refractivity contribution in [3.05, 3.63) is 35.9 Å². The smallest absolute Gasteiger partial charge is 0.327 e. The quantitative estimate of drug-likeness (QED) is 0.295. The minimum absolute atomic E-state index is 0.0629. The van der Waals surface area contributed by atoms with Gasteiger partial charge in [0.25, 0.3) is 0 Å². The summed E-state index contributed by atoms with van der Waals surface area (Å²) in [5.41, 5.74) is 7.02. The van der Waals surface area contributed by atoms with Crippen molar-refractivity contribution < 1.29 is 24.3 Å². The van der Waals surface area contributed by atoms with Crippen molar-refractivity contribution in [1.29, 1.82) is 0 Å². The van der Waals surface area contributed by atoms with E-state index in [9.17, 15) is 24.3 Å². The molecule has 5 atom stereocenters. The molecule has 182 valence electrons. The van der Waals surface area contributed by atoms with Crippen LogP contribution in [-0.4, -0.2) is 70.2 Å². The average molecular weight is 479 g/mol. The third-order valence-electron chi connectivity index (χ3n) is 6.05. The van der Waals surface area contributed by atoms with Gasteiger partial charge in [-0.2, -0.15) is 12.6 Å². The van der Waals surface area contributed by atoms with Gasteiger partial charge >= 0.3 is 5.97 Å². The zero-order valence-electron chi connectivity index (χ0n) is 19.1. The summed E-state index contributed by atoms with van der Waals surface area (Å²) in [5.74, 6) is -2.76. The van der Waals surface area contributed by atoms with Gasteiger partial charge in [0, 0.05) is 12.3 Å². The minimum atomic E-state index is -1.19. The number of amides is 3. The molecular formula is C23H34N4O5S. The van der Waals surface area contributed by atoms with Crippen LogP contribution in [0.25, 0.3) is 0 Å². The highest BCUT2D eigenvalue weighted by Crippen LogP contribution is 2.22. The molecule has 10 heteroatoms. The number of carbonyl (C=O) groups excluding carboxylic acids is 3. The van der Waals surface area contributed by atoms with E-state index in [1.54, 1.807) is 0 Å². The third-order valence-corrected chi connectivity index (χ3v) is 6.41. The molecule has 1 aliphatic heterocycles. The Bertz CT molecular complexity index is 837. The lowest BCUT2D eigenvalue weighted by atomic mass is 9.96. The van der Waals surface area contributed by atoms with Gasteiger partial charge in [-0.15, -0.1) is 0 Å². The van der Waals surface area contributed by atoms with Crippen LogP contribution in [0.4, 0.5) is 0 Å². The van der Waals surface area contributed by atoms with Gasteiger partial charge in [-0.05, 0) is 30.7 Å². The summed E-state index contributed by atoms with van der Waals surface area (Å²) in [4.78, 5) is 51.6. The van der Waals surface area contributed by atoms with E-state index in [1.807, 2.05) is 44.2 Å². The molecule has 1 aromatic carbocycles. The number of carbonyl (C=O) groups is 4. The maximum atomic E-state index is 13.4. The van der Waals surface area contributed by atoms with Gasteiger partial charge < -0.3 is 26.4 Å². The number of nitrogens with zero attached hydrogens (tertiary/aromatic N) is 1. The Kier molecular flexibility index (Phi) is 10.2. The van der Waals surface area contributed by atoms with Crippen molar-refractivity contribution in [2.45, 2.75) is 63.7 Å². The Labute approximate surface area is 199 Å². The fourth-order valence-corrected chi connectivity index (χ4v) is 4.09. The molecule has 0 aliphatic carbocycles. The van der Waals surface area contributed by atoms with Crippen molar-refractivity contribution in [3.8, 4) is 0 Å². The van der Waals surface area contributed by atoms with Crippen LogP contribution in [0, 0.1) is 5.92 Å². The maximum Gasteiger partial charge on any atom is 0.327 e. The molecule has 2 rings (SSSR count). The number of likely N-dealkylation sites (tertiary alicyclic amines) is 1. The van der Waals surface area contributed by atoms with Gasteiger partial charge in [0.2, 0.25) is 17.7 Å². The summed E-state index contributed by atoms with van der Waals surface area (Å²) >= 11 is 3.96. The Morgan fingerprint density at radius 2 is 1.88 bits per heavy atom. The van der Waals surface area contributed by atoms with Gasteiger partial charge in [0.15, 0.2) is 0 Å². The first-order valence-electron chi connectivity index (χ1n) is 11.2. The zero-order chi connectivity index (χ0) is 24.5. The second-order valence-corrected chi connectivity index (χ2v) is 8.80. The number of hydrogen-bond acceptors (Lipinski definition) is 6. The van der Waals surface area contributed by atoms with Crippen LogP contribution < -0.4 is 16.4 Å². The summed E-state index contributed by atoms with van der Waals surface area (Å²) in [6, 6.07) is 5.79. The van der Waals surface area contributed by atoms with Crippen molar-refractivity contribution in [2.24, 2.45) is 11.7 Å². The summed E-state index contributed by atoms with van der Waals surface area (Å²) in [6.45, 7) is 4.13. The van der Waals surface area contributed by atoms with E-state index in [1.165, 1.54) is 4.90 Å². The molecule has 5 N–H and O–H groups in total. The molecule has 33 heavy (non-hydrogen) atoms. The molecule has 5 unspecified atom stereocenters. The fourth-order valence-electron chi connectivity index (χ4n) is 3.84. The molecule has 1 fully saturated rings. The highest BCUT2D eigenvalue weighted by Gasteiger charge is 2.40. The second-order valence-electron chi connectivity index (χ2n) is 8.44. The standard InChI is InChI=1S/C23H34N4O5S/c1-3-14(2)19(26-20(28)16(24)12-15-8-5-4-6-9-15)22(30)27-11-7-10-18(27)21(29)25-17(13-33)23(31)32/h4-6,8-9,14,16-19,33H,3,7,10-13,24H2,1-2H3,(H,25,29)(H,26,28)(H,31,32). The average Bonchev–Trinajstić information content (AvgIpc) is 3.30. The molecule has 3 amide bonds. The van der Waals surface area contributed by atoms with Crippen LogP contribution in [0.5, 0.6) is 0 Å². The lowest BCUT2D eigenvalue weighted by Gasteiger charge is -2.32. The van der Waals surface area contributed by atoms with Gasteiger partial charge in [0.05, 0.1) is 6.04 Å². The van der Waals surface area contributed by atoms with E-state index in [0.29, 0.717) is 32.2 Å². The Morgan fingerprint density at radius 3 is 2.45 bits per heavy atom. The van der Waals surface area contributed by atoms with E-state index >= 15 is 0 Å². The Hall–Kier alpha value is -2.59. The molecule has 0 aromatic heterocycles. The SMILES string of the molecule is CCC(C)C(NC(=O)C(N)Cc1ccccc1)C(=O)N1CCCC1C(=O)NC(CS)C(=O)O. The van der Waals surface area contributed by atoms with E-state index in [4.69, 9.17) is 5.73 Å². The number of rotatable bonds is 11. The second kappa shape index (κ2) is 12.6. The Balaban J connectivity index is 2.11. The number of benzene rings is 1. The highest BCUT2D eigenvalue weighted by molar-refractivity contribution is 7.80. The van der Waals surface area contributed by atoms with Crippen LogP contribution >= 0.6 is 12.6 Å². The first-order valence-corrected chi connectivity index (χ1v) is 11.9. The minimum Gasteiger partial charge on any atom is -0.480 e. The van der Waals surface area contributed by atoms with Gasteiger partial charge in [0.1, 0.15) is 18.1 Å². The van der Waals surface area contributed by atoms with Crippen molar-refractivity contribution in [1.82, 2.24) is 15.5 Å². The van der Waals surface area contributed by atoms with E-state index in [2.05, 4.69) is 23.3 Å². The third kappa shape index (κ3) is 7.20. The number of carboxylic acids is 1. The molecule has 0 bridgehead atoms. The lowest BCUT2D eigenvalue weighted by molar-refractivity contribution is -0.145.